The molecule has 1 aliphatic heterocycles. The molecule has 15 heavy (non-hydrogen) atoms. The first kappa shape index (κ1) is 12.5. The highest BCUT2D eigenvalue weighted by molar-refractivity contribution is 5.76. The summed E-state index contributed by atoms with van der Waals surface area (Å²) in [5.74, 6) is 1.75. The summed E-state index contributed by atoms with van der Waals surface area (Å²) in [4.78, 5) is 13.8. The molecular weight excluding hydrogens is 188 g/mol. The van der Waals surface area contributed by atoms with Gasteiger partial charge in [-0.1, -0.05) is 13.8 Å². The Balaban J connectivity index is 2.44. The number of nitrogens with two attached hydrogens (primary N) is 1. The van der Waals surface area contributed by atoms with Crippen LogP contribution in [0.5, 0.6) is 0 Å². The van der Waals surface area contributed by atoms with E-state index in [2.05, 4.69) is 13.8 Å². The van der Waals surface area contributed by atoms with Crippen molar-refractivity contribution in [3.05, 3.63) is 0 Å². The number of rotatable bonds is 4. The van der Waals surface area contributed by atoms with Gasteiger partial charge in [-0.15, -0.1) is 0 Å². The molecule has 0 aliphatic carbocycles. The minimum Gasteiger partial charge on any atom is -0.343 e. The highest BCUT2D eigenvalue weighted by Gasteiger charge is 2.23. The van der Waals surface area contributed by atoms with E-state index in [0.29, 0.717) is 18.4 Å². The second-order valence-corrected chi connectivity index (χ2v) is 4.85. The molecule has 1 unspecified atom stereocenters. The summed E-state index contributed by atoms with van der Waals surface area (Å²) in [5.41, 5.74) is 5.47. The summed E-state index contributed by atoms with van der Waals surface area (Å²) in [5, 5.41) is 0. The molecule has 2 N–H and O–H groups in total. The highest BCUT2D eigenvalue weighted by Crippen LogP contribution is 2.25. The third kappa shape index (κ3) is 3.82. The Morgan fingerprint density at radius 3 is 2.80 bits per heavy atom. The van der Waals surface area contributed by atoms with Crippen LogP contribution >= 0.6 is 0 Å². The molecule has 0 radical (unpaired) electrons. The number of amides is 1. The van der Waals surface area contributed by atoms with Crippen LogP contribution in [0.3, 0.4) is 0 Å². The normalized spacial score (nSPS) is 23.3. The van der Waals surface area contributed by atoms with Crippen molar-refractivity contribution in [1.29, 1.82) is 0 Å². The molecule has 1 atom stereocenters. The van der Waals surface area contributed by atoms with Gasteiger partial charge in [-0.3, -0.25) is 4.79 Å². The zero-order valence-electron chi connectivity index (χ0n) is 10.0. The number of carbonyl (C=O) groups is 1. The van der Waals surface area contributed by atoms with Gasteiger partial charge in [-0.25, -0.2) is 0 Å². The Kier molecular flexibility index (Phi) is 5.09. The molecule has 1 saturated heterocycles. The second kappa shape index (κ2) is 6.11. The fourth-order valence-corrected chi connectivity index (χ4v) is 2.24. The Hall–Kier alpha value is -0.570. The van der Waals surface area contributed by atoms with Crippen LogP contribution in [0.15, 0.2) is 0 Å². The van der Waals surface area contributed by atoms with E-state index in [9.17, 15) is 4.79 Å². The average Bonchev–Trinajstić information content (AvgIpc) is 2.38. The lowest BCUT2D eigenvalue weighted by Crippen LogP contribution is -2.32. The van der Waals surface area contributed by atoms with E-state index in [-0.39, 0.29) is 0 Å². The van der Waals surface area contributed by atoms with Crippen molar-refractivity contribution in [2.24, 2.45) is 17.6 Å². The van der Waals surface area contributed by atoms with Crippen molar-refractivity contribution in [3.63, 3.8) is 0 Å². The molecule has 1 fully saturated rings. The van der Waals surface area contributed by atoms with Crippen LogP contribution in [0.1, 0.15) is 39.5 Å². The van der Waals surface area contributed by atoms with Gasteiger partial charge in [0.2, 0.25) is 5.91 Å². The summed E-state index contributed by atoms with van der Waals surface area (Å²) < 4.78 is 0. The molecule has 0 saturated carbocycles. The van der Waals surface area contributed by atoms with E-state index in [1.807, 2.05) is 4.90 Å². The Morgan fingerprint density at radius 1 is 1.47 bits per heavy atom. The maximum Gasteiger partial charge on any atom is 0.222 e. The van der Waals surface area contributed by atoms with Crippen molar-refractivity contribution in [2.45, 2.75) is 39.5 Å². The van der Waals surface area contributed by atoms with E-state index in [1.165, 1.54) is 0 Å². The van der Waals surface area contributed by atoms with Gasteiger partial charge in [0.1, 0.15) is 0 Å². The highest BCUT2D eigenvalue weighted by atomic mass is 16.2. The topological polar surface area (TPSA) is 46.3 Å². The number of nitrogens with zero attached hydrogens (tertiary/aromatic N) is 1. The summed E-state index contributed by atoms with van der Waals surface area (Å²) in [6.45, 7) is 6.97. The molecule has 0 aromatic heterocycles. The van der Waals surface area contributed by atoms with Gasteiger partial charge in [0.25, 0.3) is 0 Å². The first-order valence-electron chi connectivity index (χ1n) is 6.13. The molecular formula is C12H24N2O. The predicted octanol–water partition coefficient (Wildman–Crippen LogP) is 1.62. The minimum atomic E-state index is 0.326. The minimum absolute atomic E-state index is 0.326. The second-order valence-electron chi connectivity index (χ2n) is 4.85. The van der Waals surface area contributed by atoms with Crippen LogP contribution in [0.2, 0.25) is 0 Å². The van der Waals surface area contributed by atoms with Gasteiger partial charge >= 0.3 is 0 Å². The Morgan fingerprint density at radius 2 is 2.20 bits per heavy atom. The van der Waals surface area contributed by atoms with Crippen molar-refractivity contribution in [2.75, 3.05) is 19.6 Å². The number of hydrogen-bond donors (Lipinski definition) is 1. The van der Waals surface area contributed by atoms with E-state index in [1.54, 1.807) is 0 Å². The number of hydrogen-bond acceptors (Lipinski definition) is 2. The van der Waals surface area contributed by atoms with Crippen LogP contribution in [0, 0.1) is 11.8 Å². The van der Waals surface area contributed by atoms with Crippen molar-refractivity contribution < 1.29 is 4.79 Å². The lowest BCUT2D eigenvalue weighted by Gasteiger charge is -2.21. The molecule has 0 aromatic carbocycles. The van der Waals surface area contributed by atoms with Crippen LogP contribution in [0.25, 0.3) is 0 Å². The van der Waals surface area contributed by atoms with Gasteiger partial charge < -0.3 is 10.6 Å². The molecule has 3 nitrogen and oxygen atoms in total. The molecule has 0 aromatic rings. The van der Waals surface area contributed by atoms with E-state index in [0.717, 1.165) is 44.7 Å². The molecule has 1 aliphatic rings. The van der Waals surface area contributed by atoms with Gasteiger partial charge in [-0.05, 0) is 37.6 Å². The Bertz CT molecular complexity index is 204. The SMILES string of the molecule is CC(C)C1CCC(=O)N(CCCN)CC1. The van der Waals surface area contributed by atoms with E-state index >= 15 is 0 Å². The molecule has 1 heterocycles. The molecule has 0 spiro atoms. The first-order valence-corrected chi connectivity index (χ1v) is 6.13. The number of carbonyl (C=O) groups excluding carboxylic acids is 1. The lowest BCUT2D eigenvalue weighted by atomic mass is 9.89. The monoisotopic (exact) mass is 212 g/mol. The fourth-order valence-electron chi connectivity index (χ4n) is 2.24. The molecule has 1 amide bonds. The fraction of sp³-hybridized carbons (Fsp3) is 0.917. The van der Waals surface area contributed by atoms with E-state index < -0.39 is 0 Å². The van der Waals surface area contributed by atoms with Crippen LogP contribution < -0.4 is 5.73 Å². The Labute approximate surface area is 93.0 Å². The predicted molar refractivity (Wildman–Crippen MR) is 62.4 cm³/mol. The van der Waals surface area contributed by atoms with Gasteiger partial charge in [-0.2, -0.15) is 0 Å². The van der Waals surface area contributed by atoms with Crippen LogP contribution in [-0.4, -0.2) is 30.4 Å². The third-order valence-electron chi connectivity index (χ3n) is 3.43. The molecule has 88 valence electrons. The third-order valence-corrected chi connectivity index (χ3v) is 3.43. The molecule has 1 rings (SSSR count). The molecule has 3 heteroatoms. The maximum absolute atomic E-state index is 11.8. The van der Waals surface area contributed by atoms with Gasteiger partial charge in [0.05, 0.1) is 0 Å². The van der Waals surface area contributed by atoms with Gasteiger partial charge in [0, 0.05) is 19.5 Å². The smallest absolute Gasteiger partial charge is 0.222 e. The molecule has 0 bridgehead atoms. The quantitative estimate of drug-likeness (QED) is 0.769. The average molecular weight is 212 g/mol. The number of likely N-dealkylation sites (tertiary alicyclic amines) is 1. The summed E-state index contributed by atoms with van der Waals surface area (Å²) >= 11 is 0. The van der Waals surface area contributed by atoms with E-state index in [4.69, 9.17) is 5.73 Å². The zero-order valence-corrected chi connectivity index (χ0v) is 10.0. The van der Waals surface area contributed by atoms with Crippen molar-refractivity contribution in [1.82, 2.24) is 4.90 Å². The van der Waals surface area contributed by atoms with Crippen molar-refractivity contribution >= 4 is 5.91 Å². The van der Waals surface area contributed by atoms with Crippen LogP contribution in [-0.2, 0) is 4.79 Å². The van der Waals surface area contributed by atoms with Crippen molar-refractivity contribution in [3.8, 4) is 0 Å². The summed E-state index contributed by atoms with van der Waals surface area (Å²) in [6.07, 6.45) is 3.88. The standard InChI is InChI=1S/C12H24N2O/c1-10(2)11-4-5-12(15)14(9-6-11)8-3-7-13/h10-11H,3-9,13H2,1-2H3. The largest absolute Gasteiger partial charge is 0.343 e. The summed E-state index contributed by atoms with van der Waals surface area (Å²) in [7, 11) is 0. The summed E-state index contributed by atoms with van der Waals surface area (Å²) in [6, 6.07) is 0. The zero-order chi connectivity index (χ0) is 11.3. The lowest BCUT2D eigenvalue weighted by molar-refractivity contribution is -0.130. The van der Waals surface area contributed by atoms with Gasteiger partial charge in [0.15, 0.2) is 0 Å². The first-order chi connectivity index (χ1) is 7.15. The van der Waals surface area contributed by atoms with Crippen LogP contribution in [0.4, 0.5) is 0 Å². The maximum atomic E-state index is 11.8.